The minimum atomic E-state index is -3.25. The molecule has 2 amide bonds. The Morgan fingerprint density at radius 3 is 2.24 bits per heavy atom. The summed E-state index contributed by atoms with van der Waals surface area (Å²) >= 11 is 0. The van der Waals surface area contributed by atoms with Crippen LogP contribution in [0.15, 0.2) is 65.6 Å². The van der Waals surface area contributed by atoms with Gasteiger partial charge in [-0.05, 0) is 54.8 Å². The lowest BCUT2D eigenvalue weighted by atomic mass is 10.1. The number of aromatic nitrogens is 1. The van der Waals surface area contributed by atoms with Crippen molar-refractivity contribution in [3.8, 4) is 16.9 Å². The van der Waals surface area contributed by atoms with Gasteiger partial charge in [0.25, 0.3) is 0 Å². The van der Waals surface area contributed by atoms with Gasteiger partial charge in [-0.2, -0.15) is 0 Å². The molecule has 7 heteroatoms. The number of nitrogens with two attached hydrogens (primary N) is 1. The van der Waals surface area contributed by atoms with Crippen LogP contribution in [0.4, 0.5) is 4.79 Å². The van der Waals surface area contributed by atoms with Crippen molar-refractivity contribution in [3.05, 3.63) is 71.9 Å². The molecule has 1 heterocycles. The summed E-state index contributed by atoms with van der Waals surface area (Å²) in [6.45, 7) is 2.56. The van der Waals surface area contributed by atoms with Crippen LogP contribution in [0.25, 0.3) is 16.9 Å². The lowest BCUT2D eigenvalue weighted by Gasteiger charge is -2.14. The maximum Gasteiger partial charge on any atom is 0.314 e. The molecule has 0 aliphatic carbocycles. The van der Waals surface area contributed by atoms with Gasteiger partial charge in [0, 0.05) is 31.2 Å². The predicted molar refractivity (Wildman–Crippen MR) is 115 cm³/mol. The maximum atomic E-state index is 11.8. The number of primary amides is 1. The fraction of sp³-hybridized carbons (Fsp3) is 0.227. The first-order valence-corrected chi connectivity index (χ1v) is 11.2. The quantitative estimate of drug-likeness (QED) is 0.674. The number of amides is 2. The van der Waals surface area contributed by atoms with Crippen molar-refractivity contribution in [2.24, 2.45) is 5.73 Å². The number of carbonyl (C=O) groups is 1. The lowest BCUT2D eigenvalue weighted by molar-refractivity contribution is 0.219. The van der Waals surface area contributed by atoms with Gasteiger partial charge in [0.2, 0.25) is 0 Å². The monoisotopic (exact) mass is 411 g/mol. The van der Waals surface area contributed by atoms with Crippen molar-refractivity contribution >= 4 is 15.9 Å². The molecule has 0 saturated carbocycles. The number of nitrogens with zero attached hydrogens (tertiary/aromatic N) is 2. The zero-order chi connectivity index (χ0) is 21.2. The van der Waals surface area contributed by atoms with E-state index in [1.54, 1.807) is 19.2 Å². The van der Waals surface area contributed by atoms with Crippen LogP contribution >= 0.6 is 0 Å². The zero-order valence-corrected chi connectivity index (χ0v) is 17.6. The second-order valence-corrected chi connectivity index (χ2v) is 9.13. The highest BCUT2D eigenvalue weighted by Gasteiger charge is 2.16. The summed E-state index contributed by atoms with van der Waals surface area (Å²) in [6.07, 6.45) is 1.87. The molecule has 0 aliphatic heterocycles. The SMILES string of the molecule is Cc1c(CCN(C)C(N)=O)cc(-c2ccc(S(C)(=O)=O)cc2)n1-c1ccccc1. The van der Waals surface area contributed by atoms with Crippen molar-refractivity contribution in [2.75, 3.05) is 19.8 Å². The van der Waals surface area contributed by atoms with Gasteiger partial charge >= 0.3 is 6.03 Å². The molecule has 0 saturated heterocycles. The summed E-state index contributed by atoms with van der Waals surface area (Å²) in [6, 6.07) is 18.5. The van der Waals surface area contributed by atoms with E-state index in [-0.39, 0.29) is 0 Å². The topological polar surface area (TPSA) is 85.4 Å². The Hall–Kier alpha value is -3.06. The third-order valence-electron chi connectivity index (χ3n) is 5.04. The number of likely N-dealkylation sites (N-methyl/N-ethyl adjacent to an activating group) is 1. The number of urea groups is 1. The first kappa shape index (κ1) is 20.7. The number of rotatable bonds is 6. The molecule has 1 aromatic heterocycles. The van der Waals surface area contributed by atoms with E-state index in [9.17, 15) is 13.2 Å². The Kier molecular flexibility index (Phi) is 5.79. The van der Waals surface area contributed by atoms with Gasteiger partial charge in [0.15, 0.2) is 9.84 Å². The largest absolute Gasteiger partial charge is 0.351 e. The summed E-state index contributed by atoms with van der Waals surface area (Å²) in [5, 5.41) is 0. The van der Waals surface area contributed by atoms with Crippen LogP contribution in [0, 0.1) is 6.92 Å². The standard InChI is InChI=1S/C22H25N3O3S/c1-16-18(13-14-24(2)22(23)26)15-21(25(16)19-7-5-4-6-8-19)17-9-11-20(12-10-17)29(3,27)28/h4-12,15H,13-14H2,1-3H3,(H2,23,26). The van der Waals surface area contributed by atoms with E-state index in [0.29, 0.717) is 17.9 Å². The van der Waals surface area contributed by atoms with Crippen molar-refractivity contribution in [3.63, 3.8) is 0 Å². The number of para-hydroxylation sites is 1. The molecule has 0 fully saturated rings. The van der Waals surface area contributed by atoms with Gasteiger partial charge in [-0.25, -0.2) is 13.2 Å². The summed E-state index contributed by atoms with van der Waals surface area (Å²) in [5.74, 6) is 0. The van der Waals surface area contributed by atoms with Crippen LogP contribution in [0.1, 0.15) is 11.3 Å². The molecular weight excluding hydrogens is 386 g/mol. The van der Waals surface area contributed by atoms with Crippen molar-refractivity contribution in [1.29, 1.82) is 0 Å². The summed E-state index contributed by atoms with van der Waals surface area (Å²) in [5.41, 5.74) is 10.4. The van der Waals surface area contributed by atoms with E-state index in [1.165, 1.54) is 11.2 Å². The van der Waals surface area contributed by atoms with Crippen LogP contribution in [-0.4, -0.2) is 43.8 Å². The Morgan fingerprint density at radius 1 is 1.07 bits per heavy atom. The molecule has 2 N–H and O–H groups in total. The van der Waals surface area contributed by atoms with Crippen LogP contribution < -0.4 is 5.73 Å². The van der Waals surface area contributed by atoms with E-state index in [4.69, 9.17) is 5.73 Å². The minimum absolute atomic E-state index is 0.291. The highest BCUT2D eigenvalue weighted by atomic mass is 32.2. The Labute approximate surface area is 171 Å². The van der Waals surface area contributed by atoms with E-state index < -0.39 is 15.9 Å². The van der Waals surface area contributed by atoms with Crippen LogP contribution in [0.3, 0.4) is 0 Å². The van der Waals surface area contributed by atoms with Crippen molar-refractivity contribution in [1.82, 2.24) is 9.47 Å². The van der Waals surface area contributed by atoms with E-state index in [1.807, 2.05) is 49.4 Å². The lowest BCUT2D eigenvalue weighted by Crippen LogP contribution is -2.33. The molecule has 0 atom stereocenters. The van der Waals surface area contributed by atoms with Crippen LogP contribution in [-0.2, 0) is 16.3 Å². The number of hydrogen-bond acceptors (Lipinski definition) is 3. The molecule has 152 valence electrons. The third-order valence-corrected chi connectivity index (χ3v) is 6.17. The molecule has 6 nitrogen and oxygen atoms in total. The number of benzene rings is 2. The van der Waals surface area contributed by atoms with E-state index in [0.717, 1.165) is 28.2 Å². The van der Waals surface area contributed by atoms with Crippen molar-refractivity contribution in [2.45, 2.75) is 18.2 Å². The summed E-state index contributed by atoms with van der Waals surface area (Å²) in [7, 11) is -1.57. The Bertz CT molecular complexity index is 1120. The van der Waals surface area contributed by atoms with Gasteiger partial charge in [0.05, 0.1) is 10.6 Å². The summed E-state index contributed by atoms with van der Waals surface area (Å²) < 4.78 is 25.7. The molecule has 3 rings (SSSR count). The molecule has 29 heavy (non-hydrogen) atoms. The van der Waals surface area contributed by atoms with Crippen LogP contribution in [0.5, 0.6) is 0 Å². The fourth-order valence-corrected chi connectivity index (χ4v) is 3.94. The first-order chi connectivity index (χ1) is 13.7. The average molecular weight is 412 g/mol. The average Bonchev–Trinajstić information content (AvgIpc) is 3.02. The van der Waals surface area contributed by atoms with Gasteiger partial charge in [-0.3, -0.25) is 0 Å². The molecule has 2 aromatic carbocycles. The first-order valence-electron chi connectivity index (χ1n) is 9.26. The minimum Gasteiger partial charge on any atom is -0.351 e. The number of hydrogen-bond donors (Lipinski definition) is 1. The van der Waals surface area contributed by atoms with Crippen molar-refractivity contribution < 1.29 is 13.2 Å². The fourth-order valence-electron chi connectivity index (χ4n) is 3.30. The highest BCUT2D eigenvalue weighted by Crippen LogP contribution is 2.30. The number of carbonyl (C=O) groups excluding carboxylic acids is 1. The molecular formula is C22H25N3O3S. The van der Waals surface area contributed by atoms with Gasteiger partial charge in [0.1, 0.15) is 0 Å². The molecule has 0 aliphatic rings. The third kappa shape index (κ3) is 4.51. The summed E-state index contributed by atoms with van der Waals surface area (Å²) in [4.78, 5) is 13.1. The zero-order valence-electron chi connectivity index (χ0n) is 16.8. The van der Waals surface area contributed by atoms with Gasteiger partial charge in [-0.1, -0.05) is 30.3 Å². The van der Waals surface area contributed by atoms with Crippen LogP contribution in [0.2, 0.25) is 0 Å². The van der Waals surface area contributed by atoms with Gasteiger partial charge in [-0.15, -0.1) is 0 Å². The maximum absolute atomic E-state index is 11.8. The molecule has 0 unspecified atom stereocenters. The van der Waals surface area contributed by atoms with E-state index >= 15 is 0 Å². The normalized spacial score (nSPS) is 11.4. The molecule has 3 aromatic rings. The smallest absolute Gasteiger partial charge is 0.314 e. The second kappa shape index (κ2) is 8.13. The number of sulfone groups is 1. The predicted octanol–water partition coefficient (Wildman–Crippen LogP) is 3.41. The molecule has 0 spiro atoms. The second-order valence-electron chi connectivity index (χ2n) is 7.12. The highest BCUT2D eigenvalue weighted by molar-refractivity contribution is 7.90. The van der Waals surface area contributed by atoms with E-state index in [2.05, 4.69) is 10.6 Å². The Balaban J connectivity index is 2.07. The molecule has 0 radical (unpaired) electrons. The molecule has 0 bridgehead atoms. The Morgan fingerprint density at radius 2 is 1.69 bits per heavy atom. The van der Waals surface area contributed by atoms with Gasteiger partial charge < -0.3 is 15.2 Å².